The maximum absolute atomic E-state index is 4.73. The average Bonchev–Trinajstić information content (AvgIpc) is 3.19. The van der Waals surface area contributed by atoms with E-state index in [0.717, 1.165) is 24.0 Å². The number of benzene rings is 2. The molecule has 26 heavy (non-hydrogen) atoms. The van der Waals surface area contributed by atoms with Gasteiger partial charge in [-0.05, 0) is 47.6 Å². The third-order valence-corrected chi connectivity index (χ3v) is 5.25. The van der Waals surface area contributed by atoms with Crippen LogP contribution in [-0.2, 0) is 13.6 Å². The number of aryl methyl sites for hydroxylation is 2. The van der Waals surface area contributed by atoms with Gasteiger partial charge >= 0.3 is 0 Å². The number of hydrogen-bond acceptors (Lipinski definition) is 2. The van der Waals surface area contributed by atoms with E-state index < -0.39 is 0 Å². The summed E-state index contributed by atoms with van der Waals surface area (Å²) < 4.78 is 3.96. The Kier molecular flexibility index (Phi) is 4.27. The van der Waals surface area contributed by atoms with Gasteiger partial charge < -0.3 is 0 Å². The lowest BCUT2D eigenvalue weighted by Gasteiger charge is -2.11. The highest BCUT2D eigenvalue weighted by atomic mass is 15.3. The van der Waals surface area contributed by atoms with Crippen molar-refractivity contribution in [3.05, 3.63) is 59.9 Å². The van der Waals surface area contributed by atoms with Crippen LogP contribution in [0, 0.1) is 0 Å². The molecule has 0 spiro atoms. The summed E-state index contributed by atoms with van der Waals surface area (Å²) in [5.41, 5.74) is 4.86. The third kappa shape index (κ3) is 3.24. The van der Waals surface area contributed by atoms with E-state index in [2.05, 4.69) is 79.3 Å². The fraction of sp³-hybridized carbons (Fsp3) is 0.364. The van der Waals surface area contributed by atoms with Crippen LogP contribution in [0.3, 0.4) is 0 Å². The molecule has 0 saturated heterocycles. The molecule has 0 aliphatic carbocycles. The van der Waals surface area contributed by atoms with Crippen molar-refractivity contribution >= 4 is 21.8 Å². The Morgan fingerprint density at radius 1 is 0.846 bits per heavy atom. The van der Waals surface area contributed by atoms with Crippen molar-refractivity contribution in [3.8, 4) is 0 Å². The average molecular weight is 346 g/mol. The topological polar surface area (TPSA) is 35.6 Å². The lowest BCUT2D eigenvalue weighted by Crippen LogP contribution is -2.03. The summed E-state index contributed by atoms with van der Waals surface area (Å²) in [5.74, 6) is 1.02. The van der Waals surface area contributed by atoms with E-state index in [1.54, 1.807) is 0 Å². The first-order valence-corrected chi connectivity index (χ1v) is 9.40. The Hall–Kier alpha value is -2.62. The van der Waals surface area contributed by atoms with Crippen LogP contribution in [0.25, 0.3) is 21.8 Å². The zero-order valence-electron chi connectivity index (χ0n) is 16.0. The molecule has 1 unspecified atom stereocenters. The van der Waals surface area contributed by atoms with Gasteiger partial charge in [0.2, 0.25) is 0 Å². The quantitative estimate of drug-likeness (QED) is 0.495. The van der Waals surface area contributed by atoms with Gasteiger partial charge in [0.15, 0.2) is 0 Å². The first kappa shape index (κ1) is 16.8. The molecule has 0 fully saturated rings. The van der Waals surface area contributed by atoms with Crippen molar-refractivity contribution in [2.45, 2.75) is 45.6 Å². The van der Waals surface area contributed by atoms with Gasteiger partial charge in [0.25, 0.3) is 0 Å². The van der Waals surface area contributed by atoms with E-state index in [-0.39, 0.29) is 0 Å². The summed E-state index contributed by atoms with van der Waals surface area (Å²) in [5, 5.41) is 11.7. The van der Waals surface area contributed by atoms with Crippen molar-refractivity contribution in [1.82, 2.24) is 19.6 Å². The van der Waals surface area contributed by atoms with E-state index in [9.17, 15) is 0 Å². The fourth-order valence-corrected chi connectivity index (χ4v) is 3.52. The Bertz CT molecular complexity index is 1050. The van der Waals surface area contributed by atoms with Gasteiger partial charge in [-0.25, -0.2) is 0 Å². The predicted octanol–water partition coefficient (Wildman–Crippen LogP) is 5.24. The molecule has 134 valence electrons. The lowest BCUT2D eigenvalue weighted by atomic mass is 9.97. The Balaban J connectivity index is 1.49. The highest BCUT2D eigenvalue weighted by Crippen LogP contribution is 2.25. The second kappa shape index (κ2) is 6.60. The van der Waals surface area contributed by atoms with Gasteiger partial charge in [-0.1, -0.05) is 39.0 Å². The summed E-state index contributed by atoms with van der Waals surface area (Å²) in [6.07, 6.45) is 5.30. The van der Waals surface area contributed by atoms with Crippen LogP contribution in [0.5, 0.6) is 0 Å². The van der Waals surface area contributed by atoms with Crippen LogP contribution in [0.4, 0.5) is 0 Å². The van der Waals surface area contributed by atoms with E-state index in [4.69, 9.17) is 5.10 Å². The summed E-state index contributed by atoms with van der Waals surface area (Å²) in [6, 6.07) is 13.2. The minimum atomic E-state index is 0.472. The lowest BCUT2D eigenvalue weighted by molar-refractivity contribution is 0.537. The number of nitrogens with zero attached hydrogens (tertiary/aromatic N) is 4. The Labute approximate surface area is 154 Å². The molecule has 4 aromatic rings. The molecule has 0 saturated carbocycles. The molecule has 2 heterocycles. The SMILES string of the molecule is CC(C)c1ccc2nn(CCC(C)c3ccc4cn(C)nc4c3)cc2c1. The van der Waals surface area contributed by atoms with Crippen LogP contribution in [0.15, 0.2) is 48.8 Å². The van der Waals surface area contributed by atoms with Gasteiger partial charge in [0, 0.05) is 36.8 Å². The predicted molar refractivity (Wildman–Crippen MR) is 108 cm³/mol. The third-order valence-electron chi connectivity index (χ3n) is 5.25. The van der Waals surface area contributed by atoms with Gasteiger partial charge in [0.1, 0.15) is 0 Å². The minimum Gasteiger partial charge on any atom is -0.275 e. The number of hydrogen-bond donors (Lipinski definition) is 0. The van der Waals surface area contributed by atoms with Gasteiger partial charge in [0.05, 0.1) is 11.0 Å². The second-order valence-corrected chi connectivity index (χ2v) is 7.68. The number of fused-ring (bicyclic) bond motifs is 2. The molecular weight excluding hydrogens is 320 g/mol. The molecule has 0 bridgehead atoms. The highest BCUT2D eigenvalue weighted by Gasteiger charge is 2.10. The van der Waals surface area contributed by atoms with Crippen LogP contribution in [0.1, 0.15) is 50.2 Å². The van der Waals surface area contributed by atoms with E-state index in [0.29, 0.717) is 11.8 Å². The summed E-state index contributed by atoms with van der Waals surface area (Å²) >= 11 is 0. The molecule has 4 nitrogen and oxygen atoms in total. The largest absolute Gasteiger partial charge is 0.275 e. The smallest absolute Gasteiger partial charge is 0.0926 e. The zero-order chi connectivity index (χ0) is 18.3. The minimum absolute atomic E-state index is 0.472. The zero-order valence-corrected chi connectivity index (χ0v) is 16.0. The molecule has 4 rings (SSSR count). The first-order chi connectivity index (χ1) is 12.5. The number of aromatic nitrogens is 4. The Morgan fingerprint density at radius 3 is 2.46 bits per heavy atom. The molecule has 2 aromatic carbocycles. The van der Waals surface area contributed by atoms with Crippen molar-refractivity contribution in [1.29, 1.82) is 0 Å². The maximum atomic E-state index is 4.73. The molecule has 2 aromatic heterocycles. The fourth-order valence-electron chi connectivity index (χ4n) is 3.52. The van der Waals surface area contributed by atoms with Crippen LogP contribution in [0.2, 0.25) is 0 Å². The van der Waals surface area contributed by atoms with Crippen LogP contribution < -0.4 is 0 Å². The maximum Gasteiger partial charge on any atom is 0.0926 e. The van der Waals surface area contributed by atoms with Gasteiger partial charge in [-0.3, -0.25) is 9.36 Å². The van der Waals surface area contributed by atoms with Gasteiger partial charge in [-0.15, -0.1) is 0 Å². The first-order valence-electron chi connectivity index (χ1n) is 9.40. The molecule has 0 amide bonds. The van der Waals surface area contributed by atoms with E-state index in [1.807, 2.05) is 11.7 Å². The molecule has 0 N–H and O–H groups in total. The van der Waals surface area contributed by atoms with Crippen LogP contribution >= 0.6 is 0 Å². The normalized spacial score (nSPS) is 13.1. The molecule has 4 heteroatoms. The second-order valence-electron chi connectivity index (χ2n) is 7.68. The van der Waals surface area contributed by atoms with E-state index in [1.165, 1.54) is 21.9 Å². The summed E-state index contributed by atoms with van der Waals surface area (Å²) in [6.45, 7) is 7.66. The molecule has 0 aliphatic rings. The molecule has 0 aliphatic heterocycles. The van der Waals surface area contributed by atoms with E-state index >= 15 is 0 Å². The standard InChI is InChI=1S/C22H26N4/c1-15(2)17-7-8-21-20(11-17)14-26(24-21)10-9-16(3)18-5-6-19-13-25(4)23-22(19)12-18/h5-8,11-16H,9-10H2,1-4H3. The van der Waals surface area contributed by atoms with Crippen molar-refractivity contribution < 1.29 is 0 Å². The molecule has 0 radical (unpaired) electrons. The molecule has 1 atom stereocenters. The Morgan fingerprint density at radius 2 is 1.65 bits per heavy atom. The number of rotatable bonds is 5. The van der Waals surface area contributed by atoms with Crippen molar-refractivity contribution in [2.75, 3.05) is 0 Å². The monoisotopic (exact) mass is 346 g/mol. The van der Waals surface area contributed by atoms with Gasteiger partial charge in [-0.2, -0.15) is 10.2 Å². The van der Waals surface area contributed by atoms with Crippen LogP contribution in [-0.4, -0.2) is 19.6 Å². The molecular formula is C22H26N4. The summed E-state index contributed by atoms with van der Waals surface area (Å²) in [4.78, 5) is 0. The van der Waals surface area contributed by atoms with Crippen molar-refractivity contribution in [3.63, 3.8) is 0 Å². The summed E-state index contributed by atoms with van der Waals surface area (Å²) in [7, 11) is 1.97. The highest BCUT2D eigenvalue weighted by molar-refractivity contribution is 5.79. The van der Waals surface area contributed by atoms with Crippen molar-refractivity contribution in [2.24, 2.45) is 7.05 Å².